The molecular weight excluding hydrogens is 230 g/mol. The molecule has 1 N–H and O–H groups in total. The maximum atomic E-state index is 11.4. The van der Waals surface area contributed by atoms with E-state index in [1.54, 1.807) is 0 Å². The van der Waals surface area contributed by atoms with Gasteiger partial charge >= 0.3 is 0 Å². The van der Waals surface area contributed by atoms with Crippen molar-refractivity contribution in [2.45, 2.75) is 64.5 Å². The first-order valence-electron chi connectivity index (χ1n) is 7.28. The predicted molar refractivity (Wildman–Crippen MR) is 74.6 cm³/mol. The van der Waals surface area contributed by atoms with Crippen LogP contribution < -0.4 is 5.32 Å². The number of nitrogens with one attached hydrogen (secondary N) is 1. The quantitative estimate of drug-likeness (QED) is 0.842. The number of rotatable bonds is 3. The van der Waals surface area contributed by atoms with Crippen molar-refractivity contribution in [1.82, 2.24) is 5.32 Å². The first kappa shape index (κ1) is 13.5. The third-order valence-corrected chi connectivity index (χ3v) is 5.90. The zero-order valence-corrected chi connectivity index (χ0v) is 12.1. The Kier molecular flexibility index (Phi) is 5.04. The van der Waals surface area contributed by atoms with E-state index in [1.165, 1.54) is 25.7 Å². The Labute approximate surface area is 108 Å². The molecule has 2 rings (SSSR count). The monoisotopic (exact) mass is 257 g/mol. The van der Waals surface area contributed by atoms with E-state index in [2.05, 4.69) is 19.2 Å². The Morgan fingerprint density at radius 1 is 1.06 bits per heavy atom. The molecule has 0 amide bonds. The van der Waals surface area contributed by atoms with Gasteiger partial charge in [0.25, 0.3) is 0 Å². The van der Waals surface area contributed by atoms with E-state index in [9.17, 15) is 4.21 Å². The van der Waals surface area contributed by atoms with Crippen LogP contribution in [0.4, 0.5) is 0 Å². The van der Waals surface area contributed by atoms with Gasteiger partial charge in [0.15, 0.2) is 0 Å². The third-order valence-electron chi connectivity index (χ3n) is 4.51. The van der Waals surface area contributed by atoms with Gasteiger partial charge in [-0.15, -0.1) is 0 Å². The lowest BCUT2D eigenvalue weighted by atomic mass is 9.77. The molecule has 0 spiro atoms. The fourth-order valence-corrected chi connectivity index (χ4v) is 4.73. The van der Waals surface area contributed by atoms with Crippen LogP contribution >= 0.6 is 0 Å². The maximum absolute atomic E-state index is 11.4. The lowest BCUT2D eigenvalue weighted by Crippen LogP contribution is -2.48. The van der Waals surface area contributed by atoms with Crippen molar-refractivity contribution >= 4 is 10.8 Å². The van der Waals surface area contributed by atoms with E-state index in [-0.39, 0.29) is 0 Å². The highest BCUT2D eigenvalue weighted by atomic mass is 32.2. The Bertz CT molecular complexity index is 257. The minimum Gasteiger partial charge on any atom is -0.311 e. The molecule has 0 bridgehead atoms. The van der Waals surface area contributed by atoms with Gasteiger partial charge in [0.05, 0.1) is 0 Å². The van der Waals surface area contributed by atoms with Gasteiger partial charge in [-0.2, -0.15) is 0 Å². The highest BCUT2D eigenvalue weighted by Gasteiger charge is 2.29. The van der Waals surface area contributed by atoms with Gasteiger partial charge in [-0.25, -0.2) is 0 Å². The van der Waals surface area contributed by atoms with Crippen molar-refractivity contribution in [2.75, 3.05) is 11.5 Å². The van der Waals surface area contributed by atoms with E-state index in [1.807, 2.05) is 0 Å². The van der Waals surface area contributed by atoms with Crippen LogP contribution in [0.15, 0.2) is 0 Å². The van der Waals surface area contributed by atoms with Crippen LogP contribution in [-0.2, 0) is 10.8 Å². The highest BCUT2D eigenvalue weighted by Crippen LogP contribution is 2.31. The third kappa shape index (κ3) is 3.78. The summed E-state index contributed by atoms with van der Waals surface area (Å²) in [5.74, 6) is 3.48. The highest BCUT2D eigenvalue weighted by molar-refractivity contribution is 7.85. The predicted octanol–water partition coefficient (Wildman–Crippen LogP) is 2.70. The van der Waals surface area contributed by atoms with E-state index in [0.29, 0.717) is 6.04 Å². The molecule has 1 aliphatic heterocycles. The Morgan fingerprint density at radius 3 is 2.35 bits per heavy atom. The van der Waals surface area contributed by atoms with Crippen molar-refractivity contribution in [3.05, 3.63) is 0 Å². The van der Waals surface area contributed by atoms with E-state index >= 15 is 0 Å². The zero-order chi connectivity index (χ0) is 12.3. The van der Waals surface area contributed by atoms with Crippen LogP contribution in [0.25, 0.3) is 0 Å². The molecule has 17 heavy (non-hydrogen) atoms. The van der Waals surface area contributed by atoms with E-state index < -0.39 is 10.8 Å². The molecule has 2 nitrogen and oxygen atoms in total. The molecule has 2 aliphatic rings. The average molecular weight is 257 g/mol. The minimum absolute atomic E-state index is 0.525. The SMILES string of the molecule is CC(C)C1CCCCC1NC1CCS(=O)CC1. The van der Waals surface area contributed by atoms with E-state index in [4.69, 9.17) is 0 Å². The summed E-state index contributed by atoms with van der Waals surface area (Å²) < 4.78 is 11.4. The average Bonchev–Trinajstić information content (AvgIpc) is 2.32. The molecule has 1 aliphatic carbocycles. The lowest BCUT2D eigenvalue weighted by molar-refractivity contribution is 0.189. The summed E-state index contributed by atoms with van der Waals surface area (Å²) in [6.07, 6.45) is 7.79. The molecule has 0 radical (unpaired) electrons. The summed E-state index contributed by atoms with van der Waals surface area (Å²) in [7, 11) is -0.525. The van der Waals surface area contributed by atoms with Crippen molar-refractivity contribution < 1.29 is 4.21 Å². The van der Waals surface area contributed by atoms with Gasteiger partial charge in [-0.1, -0.05) is 26.7 Å². The molecule has 2 unspecified atom stereocenters. The normalized spacial score (nSPS) is 39.5. The fraction of sp³-hybridized carbons (Fsp3) is 1.00. The Hall–Kier alpha value is 0.110. The van der Waals surface area contributed by atoms with Crippen LogP contribution in [0.2, 0.25) is 0 Å². The second kappa shape index (κ2) is 6.33. The van der Waals surface area contributed by atoms with Gasteiger partial charge in [0.2, 0.25) is 0 Å². The van der Waals surface area contributed by atoms with Gasteiger partial charge in [-0.05, 0) is 37.5 Å². The second-order valence-electron chi connectivity index (χ2n) is 6.09. The first-order valence-corrected chi connectivity index (χ1v) is 8.76. The Balaban J connectivity index is 1.85. The molecule has 2 atom stereocenters. The summed E-state index contributed by atoms with van der Waals surface area (Å²) in [6.45, 7) is 4.72. The zero-order valence-electron chi connectivity index (χ0n) is 11.3. The molecule has 1 saturated carbocycles. The number of hydrogen-bond acceptors (Lipinski definition) is 2. The molecule has 3 heteroatoms. The maximum Gasteiger partial charge on any atom is 0.0249 e. The lowest BCUT2D eigenvalue weighted by Gasteiger charge is -2.38. The Morgan fingerprint density at radius 2 is 1.71 bits per heavy atom. The minimum atomic E-state index is -0.525. The largest absolute Gasteiger partial charge is 0.311 e. The van der Waals surface area contributed by atoms with Gasteiger partial charge < -0.3 is 5.32 Å². The smallest absolute Gasteiger partial charge is 0.0249 e. The van der Waals surface area contributed by atoms with Crippen molar-refractivity contribution in [3.8, 4) is 0 Å². The molecule has 0 aromatic carbocycles. The molecule has 1 saturated heterocycles. The summed E-state index contributed by atoms with van der Waals surface area (Å²) in [4.78, 5) is 0. The molecule has 0 aromatic rings. The summed E-state index contributed by atoms with van der Waals surface area (Å²) in [5, 5.41) is 3.88. The van der Waals surface area contributed by atoms with Crippen LogP contribution in [0.5, 0.6) is 0 Å². The topological polar surface area (TPSA) is 29.1 Å². The van der Waals surface area contributed by atoms with Gasteiger partial charge in [0, 0.05) is 34.4 Å². The molecule has 1 heterocycles. The summed E-state index contributed by atoms with van der Waals surface area (Å²) >= 11 is 0. The summed E-state index contributed by atoms with van der Waals surface area (Å²) in [6, 6.07) is 1.36. The van der Waals surface area contributed by atoms with Crippen molar-refractivity contribution in [1.29, 1.82) is 0 Å². The number of hydrogen-bond donors (Lipinski definition) is 1. The van der Waals surface area contributed by atoms with Crippen molar-refractivity contribution in [2.24, 2.45) is 11.8 Å². The first-order chi connectivity index (χ1) is 8.16. The molecular formula is C14H27NOS. The standard InChI is InChI=1S/C14H27NOS/c1-11(2)13-5-3-4-6-14(13)15-12-7-9-17(16)10-8-12/h11-15H,3-10H2,1-2H3. The van der Waals surface area contributed by atoms with Gasteiger partial charge in [0.1, 0.15) is 0 Å². The van der Waals surface area contributed by atoms with E-state index in [0.717, 1.165) is 42.2 Å². The molecule has 2 fully saturated rings. The van der Waals surface area contributed by atoms with Gasteiger partial charge in [-0.3, -0.25) is 4.21 Å². The van der Waals surface area contributed by atoms with Crippen LogP contribution in [0.1, 0.15) is 52.4 Å². The fourth-order valence-electron chi connectivity index (χ4n) is 3.43. The molecule has 100 valence electrons. The summed E-state index contributed by atoms with van der Waals surface area (Å²) in [5.41, 5.74) is 0. The van der Waals surface area contributed by atoms with Crippen molar-refractivity contribution in [3.63, 3.8) is 0 Å². The van der Waals surface area contributed by atoms with Crippen LogP contribution in [0, 0.1) is 11.8 Å². The van der Waals surface area contributed by atoms with Crippen LogP contribution in [0.3, 0.4) is 0 Å². The second-order valence-corrected chi connectivity index (χ2v) is 7.78. The molecule has 0 aromatic heterocycles. The van der Waals surface area contributed by atoms with Crippen LogP contribution in [-0.4, -0.2) is 27.8 Å².